The van der Waals surface area contributed by atoms with Crippen LogP contribution in [0.5, 0.6) is 0 Å². The van der Waals surface area contributed by atoms with Gasteiger partial charge in [0.1, 0.15) is 11.5 Å². The lowest BCUT2D eigenvalue weighted by molar-refractivity contribution is 0.101. The van der Waals surface area contributed by atoms with E-state index >= 15 is 0 Å². The number of hydrogen-bond acceptors (Lipinski definition) is 2. The fourth-order valence-electron chi connectivity index (χ4n) is 2.88. The predicted molar refractivity (Wildman–Crippen MR) is 102 cm³/mol. The van der Waals surface area contributed by atoms with E-state index in [-0.39, 0.29) is 22.5 Å². The van der Waals surface area contributed by atoms with E-state index in [4.69, 9.17) is 0 Å². The van der Waals surface area contributed by atoms with Crippen LogP contribution in [0.4, 0.5) is 10.1 Å². The van der Waals surface area contributed by atoms with Gasteiger partial charge >= 0.3 is 0 Å². The van der Waals surface area contributed by atoms with Gasteiger partial charge in [-0.1, -0.05) is 37.1 Å². The lowest BCUT2D eigenvalue weighted by atomic mass is 10.1. The molecule has 0 bridgehead atoms. The molecule has 4 nitrogen and oxygen atoms in total. The summed E-state index contributed by atoms with van der Waals surface area (Å²) in [6.45, 7) is 4.40. The summed E-state index contributed by atoms with van der Waals surface area (Å²) in [5, 5.41) is 3.67. The van der Waals surface area contributed by atoms with Gasteiger partial charge < -0.3 is 9.88 Å². The fraction of sp³-hybridized carbons (Fsp3) is 0.238. The van der Waals surface area contributed by atoms with Crippen LogP contribution in [0.25, 0.3) is 10.8 Å². The summed E-state index contributed by atoms with van der Waals surface area (Å²) in [7, 11) is 0. The third-order valence-electron chi connectivity index (χ3n) is 4.35. The summed E-state index contributed by atoms with van der Waals surface area (Å²) in [6.07, 6.45) is 1.64. The summed E-state index contributed by atoms with van der Waals surface area (Å²) in [5.74, 6) is -0.818. The Kier molecular flexibility index (Phi) is 5.16. The summed E-state index contributed by atoms with van der Waals surface area (Å²) < 4.78 is 15.0. The number of unbranched alkanes of at least 4 members (excludes halogenated alkanes) is 1. The minimum atomic E-state index is -0.464. The topological polar surface area (TPSA) is 51.1 Å². The van der Waals surface area contributed by atoms with E-state index in [1.54, 1.807) is 6.07 Å². The van der Waals surface area contributed by atoms with Crippen molar-refractivity contribution >= 4 is 22.4 Å². The standard InChI is InChI=1S/C21H21FN2O2/c1-3-4-11-24-19(20(25)23-17-9-5-14(2)6-10-17)12-15-7-8-16(22)13-18(15)21(24)26/h5-10,12-13H,3-4,11H2,1-2H3,(H,23,25). The van der Waals surface area contributed by atoms with E-state index in [0.717, 1.165) is 18.4 Å². The van der Waals surface area contributed by atoms with Gasteiger partial charge in [0.2, 0.25) is 0 Å². The Morgan fingerprint density at radius 3 is 2.54 bits per heavy atom. The second-order valence-corrected chi connectivity index (χ2v) is 6.39. The predicted octanol–water partition coefficient (Wildman–Crippen LogP) is 4.50. The van der Waals surface area contributed by atoms with E-state index in [0.29, 0.717) is 17.6 Å². The van der Waals surface area contributed by atoms with Gasteiger partial charge in [0, 0.05) is 12.2 Å². The first-order valence-corrected chi connectivity index (χ1v) is 8.70. The summed E-state index contributed by atoms with van der Waals surface area (Å²) in [5.41, 5.74) is 1.69. The van der Waals surface area contributed by atoms with Crippen molar-refractivity contribution in [2.45, 2.75) is 33.2 Å². The van der Waals surface area contributed by atoms with Crippen molar-refractivity contribution in [3.63, 3.8) is 0 Å². The summed E-state index contributed by atoms with van der Waals surface area (Å²) >= 11 is 0. The van der Waals surface area contributed by atoms with Crippen LogP contribution in [0, 0.1) is 12.7 Å². The zero-order valence-electron chi connectivity index (χ0n) is 14.9. The van der Waals surface area contributed by atoms with Crippen LogP contribution in [0.3, 0.4) is 0 Å². The maximum atomic E-state index is 13.6. The average Bonchev–Trinajstić information content (AvgIpc) is 2.63. The normalized spacial score (nSPS) is 10.9. The molecule has 5 heteroatoms. The smallest absolute Gasteiger partial charge is 0.272 e. The van der Waals surface area contributed by atoms with Gasteiger partial charge in [-0.3, -0.25) is 9.59 Å². The molecule has 0 saturated carbocycles. The Hall–Kier alpha value is -2.95. The molecule has 1 N–H and O–H groups in total. The van der Waals surface area contributed by atoms with Gasteiger partial charge in [0.05, 0.1) is 5.39 Å². The number of aromatic nitrogens is 1. The van der Waals surface area contributed by atoms with Crippen LogP contribution in [-0.4, -0.2) is 10.5 Å². The number of amides is 1. The molecule has 0 fully saturated rings. The molecule has 0 aliphatic heterocycles. The summed E-state index contributed by atoms with van der Waals surface area (Å²) in [4.78, 5) is 25.6. The Morgan fingerprint density at radius 2 is 1.85 bits per heavy atom. The summed E-state index contributed by atoms with van der Waals surface area (Å²) in [6, 6.07) is 13.1. The van der Waals surface area contributed by atoms with Crippen LogP contribution in [0.15, 0.2) is 53.3 Å². The van der Waals surface area contributed by atoms with Crippen molar-refractivity contribution in [2.24, 2.45) is 0 Å². The van der Waals surface area contributed by atoms with Crippen molar-refractivity contribution < 1.29 is 9.18 Å². The van der Waals surface area contributed by atoms with Crippen LogP contribution >= 0.6 is 0 Å². The molecule has 134 valence electrons. The van der Waals surface area contributed by atoms with E-state index in [9.17, 15) is 14.0 Å². The number of nitrogens with zero attached hydrogens (tertiary/aromatic N) is 1. The minimum Gasteiger partial charge on any atom is -0.321 e. The van der Waals surface area contributed by atoms with Gasteiger partial charge in [-0.25, -0.2) is 4.39 Å². The van der Waals surface area contributed by atoms with Crippen molar-refractivity contribution in [3.8, 4) is 0 Å². The Bertz CT molecular complexity index is 1010. The Labute approximate surface area is 151 Å². The van der Waals surface area contributed by atoms with Gasteiger partial charge in [-0.15, -0.1) is 0 Å². The van der Waals surface area contributed by atoms with Gasteiger partial charge in [0.25, 0.3) is 11.5 Å². The van der Waals surface area contributed by atoms with Crippen LogP contribution in [0.1, 0.15) is 35.8 Å². The van der Waals surface area contributed by atoms with Crippen molar-refractivity contribution in [1.82, 2.24) is 4.57 Å². The number of fused-ring (bicyclic) bond motifs is 1. The molecule has 1 amide bonds. The molecule has 0 unspecified atom stereocenters. The third-order valence-corrected chi connectivity index (χ3v) is 4.35. The number of aryl methyl sites for hydroxylation is 1. The first-order chi connectivity index (χ1) is 12.5. The molecule has 0 aliphatic carbocycles. The van der Waals surface area contributed by atoms with Gasteiger partial charge in [-0.2, -0.15) is 0 Å². The molecule has 3 aromatic rings. The largest absolute Gasteiger partial charge is 0.321 e. The van der Waals surface area contributed by atoms with Gasteiger partial charge in [0.15, 0.2) is 0 Å². The highest BCUT2D eigenvalue weighted by Gasteiger charge is 2.16. The molecular formula is C21H21FN2O2. The zero-order valence-corrected chi connectivity index (χ0v) is 14.9. The number of nitrogens with one attached hydrogen (secondary N) is 1. The molecule has 1 heterocycles. The number of carbonyl (C=O) groups excluding carboxylic acids is 1. The lowest BCUT2D eigenvalue weighted by Gasteiger charge is -2.14. The molecule has 0 spiro atoms. The monoisotopic (exact) mass is 352 g/mol. The third kappa shape index (κ3) is 3.67. The maximum absolute atomic E-state index is 13.6. The highest BCUT2D eigenvalue weighted by molar-refractivity contribution is 6.05. The van der Waals surface area contributed by atoms with Crippen molar-refractivity contribution in [3.05, 3.63) is 76.0 Å². The molecule has 26 heavy (non-hydrogen) atoms. The first kappa shape index (κ1) is 17.9. The molecule has 1 aromatic heterocycles. The number of benzene rings is 2. The van der Waals surface area contributed by atoms with E-state index in [1.165, 1.54) is 22.8 Å². The van der Waals surface area contributed by atoms with E-state index in [1.807, 2.05) is 38.1 Å². The second-order valence-electron chi connectivity index (χ2n) is 6.39. The first-order valence-electron chi connectivity index (χ1n) is 8.70. The van der Waals surface area contributed by atoms with Crippen LogP contribution < -0.4 is 10.9 Å². The van der Waals surface area contributed by atoms with Crippen molar-refractivity contribution in [1.29, 1.82) is 0 Å². The highest BCUT2D eigenvalue weighted by Crippen LogP contribution is 2.17. The average molecular weight is 352 g/mol. The quantitative estimate of drug-likeness (QED) is 0.735. The number of pyridine rings is 1. The number of rotatable bonds is 5. The molecule has 0 radical (unpaired) electrons. The molecule has 0 aliphatic rings. The molecule has 0 saturated heterocycles. The second kappa shape index (κ2) is 7.52. The number of anilines is 1. The SMILES string of the molecule is CCCCn1c(C(=O)Nc2ccc(C)cc2)cc2ccc(F)cc2c1=O. The lowest BCUT2D eigenvalue weighted by Crippen LogP contribution is -2.29. The number of hydrogen-bond donors (Lipinski definition) is 1. The zero-order chi connectivity index (χ0) is 18.7. The number of halogens is 1. The fourth-order valence-corrected chi connectivity index (χ4v) is 2.88. The molecule has 2 aromatic carbocycles. The Morgan fingerprint density at radius 1 is 1.12 bits per heavy atom. The molecule has 0 atom stereocenters. The van der Waals surface area contributed by atoms with Crippen LogP contribution in [-0.2, 0) is 6.54 Å². The minimum absolute atomic E-state index is 0.281. The van der Waals surface area contributed by atoms with Crippen LogP contribution in [0.2, 0.25) is 0 Å². The highest BCUT2D eigenvalue weighted by atomic mass is 19.1. The van der Waals surface area contributed by atoms with Crippen molar-refractivity contribution in [2.75, 3.05) is 5.32 Å². The molecule has 3 rings (SSSR count). The maximum Gasteiger partial charge on any atom is 0.272 e. The van der Waals surface area contributed by atoms with E-state index < -0.39 is 5.82 Å². The molecular weight excluding hydrogens is 331 g/mol. The van der Waals surface area contributed by atoms with E-state index in [2.05, 4.69) is 5.32 Å². The number of carbonyl (C=O) groups is 1. The van der Waals surface area contributed by atoms with Gasteiger partial charge in [-0.05, 0) is 49.1 Å². The Balaban J connectivity index is 2.07.